The van der Waals surface area contributed by atoms with Crippen molar-refractivity contribution >= 4 is 28.1 Å². The van der Waals surface area contributed by atoms with E-state index in [0.29, 0.717) is 17.5 Å². The summed E-state index contributed by atoms with van der Waals surface area (Å²) in [7, 11) is 0. The highest BCUT2D eigenvalue weighted by Crippen LogP contribution is 2.31. The molecule has 4 N–H and O–H groups in total. The fourth-order valence-corrected chi connectivity index (χ4v) is 3.59. The highest BCUT2D eigenvalue weighted by atomic mass is 19.1. The molecule has 1 saturated heterocycles. The third-order valence-corrected chi connectivity index (χ3v) is 5.15. The zero-order valence-corrected chi connectivity index (χ0v) is 15.8. The summed E-state index contributed by atoms with van der Waals surface area (Å²) < 4.78 is 13.3. The predicted octanol–water partition coefficient (Wildman–Crippen LogP) is 3.94. The second-order valence-electron chi connectivity index (χ2n) is 7.06. The monoisotopic (exact) mass is 381 g/mol. The minimum absolute atomic E-state index is 0.398. The highest BCUT2D eigenvalue weighted by molar-refractivity contribution is 5.94. The lowest BCUT2D eigenvalue weighted by Gasteiger charge is -2.26. The summed E-state index contributed by atoms with van der Waals surface area (Å²) in [6.45, 7) is 4.18. The lowest BCUT2D eigenvalue weighted by atomic mass is 10.0. The van der Waals surface area contributed by atoms with E-state index in [9.17, 15) is 9.50 Å². The van der Waals surface area contributed by atoms with E-state index in [2.05, 4.69) is 45.0 Å². The molecule has 0 spiro atoms. The molecule has 7 heteroatoms. The summed E-state index contributed by atoms with van der Waals surface area (Å²) >= 11 is 0. The van der Waals surface area contributed by atoms with Gasteiger partial charge in [-0.3, -0.25) is 0 Å². The van der Waals surface area contributed by atoms with Crippen LogP contribution in [0.1, 0.15) is 25.3 Å². The first-order valence-electron chi connectivity index (χ1n) is 9.64. The summed E-state index contributed by atoms with van der Waals surface area (Å²) in [6, 6.07) is 8.75. The van der Waals surface area contributed by atoms with E-state index >= 15 is 0 Å². The van der Waals surface area contributed by atoms with Gasteiger partial charge in [-0.15, -0.1) is 0 Å². The summed E-state index contributed by atoms with van der Waals surface area (Å²) in [5.41, 5.74) is 3.72. The van der Waals surface area contributed by atoms with Crippen molar-refractivity contribution in [3.05, 3.63) is 48.0 Å². The Morgan fingerprint density at radius 2 is 2.00 bits per heavy atom. The Morgan fingerprint density at radius 3 is 2.75 bits per heavy atom. The first kappa shape index (κ1) is 18.4. The number of fused-ring (bicyclic) bond motifs is 1. The number of aromatic nitrogens is 2. The van der Waals surface area contributed by atoms with Crippen LogP contribution in [0.2, 0.25) is 0 Å². The van der Waals surface area contributed by atoms with Crippen LogP contribution >= 0.6 is 0 Å². The number of halogens is 1. The maximum atomic E-state index is 13.3. The summed E-state index contributed by atoms with van der Waals surface area (Å²) in [6.07, 6.45) is 4.59. The number of aryl methyl sites for hydroxylation is 1. The number of anilines is 3. The van der Waals surface area contributed by atoms with Gasteiger partial charge in [-0.1, -0.05) is 6.92 Å². The number of rotatable bonds is 5. The van der Waals surface area contributed by atoms with Crippen molar-refractivity contribution in [1.82, 2.24) is 15.3 Å². The topological polar surface area (TPSA) is 82.1 Å². The van der Waals surface area contributed by atoms with Gasteiger partial charge in [0.15, 0.2) is 11.6 Å². The molecule has 0 atom stereocenters. The predicted molar refractivity (Wildman–Crippen MR) is 110 cm³/mol. The van der Waals surface area contributed by atoms with Gasteiger partial charge in [0.25, 0.3) is 0 Å². The third-order valence-electron chi connectivity index (χ3n) is 5.15. The van der Waals surface area contributed by atoms with Crippen LogP contribution in [-0.2, 0) is 6.42 Å². The number of benzene rings is 2. The number of aromatic hydroxyl groups is 1. The molecular formula is C21H24FN5O. The Bertz CT molecular complexity index is 988. The number of nitrogens with one attached hydrogen (secondary N) is 3. The molecule has 0 saturated carbocycles. The molecule has 1 aliphatic rings. The van der Waals surface area contributed by atoms with Crippen LogP contribution in [0.15, 0.2) is 36.7 Å². The van der Waals surface area contributed by atoms with Gasteiger partial charge < -0.3 is 21.1 Å². The Hall–Kier alpha value is -2.93. The van der Waals surface area contributed by atoms with Crippen molar-refractivity contribution < 1.29 is 9.50 Å². The van der Waals surface area contributed by atoms with Crippen molar-refractivity contribution in [2.75, 3.05) is 23.7 Å². The first-order valence-corrected chi connectivity index (χ1v) is 9.64. The molecule has 0 amide bonds. The van der Waals surface area contributed by atoms with Crippen LogP contribution in [0.4, 0.5) is 21.6 Å². The summed E-state index contributed by atoms with van der Waals surface area (Å²) in [5.74, 6) is -0.434. The van der Waals surface area contributed by atoms with Crippen LogP contribution in [-0.4, -0.2) is 34.2 Å². The number of hydrogen-bond acceptors (Lipinski definition) is 6. The van der Waals surface area contributed by atoms with Crippen LogP contribution in [0.5, 0.6) is 5.75 Å². The van der Waals surface area contributed by atoms with Gasteiger partial charge in [0.1, 0.15) is 12.1 Å². The standard InChI is InChI=1S/C21H24FN5O/c1-2-13-9-19-16(11-18(13)26-14-5-7-23-8-6-14)21(25-12-24-19)27-15-3-4-17(22)20(28)10-15/h3-4,9-12,14,23,26,28H,2,5-8H2,1H3,(H,24,25,27). The van der Waals surface area contributed by atoms with Gasteiger partial charge in [-0.25, -0.2) is 14.4 Å². The normalized spacial score (nSPS) is 14.9. The number of phenols is 1. The fraction of sp³-hybridized carbons (Fsp3) is 0.333. The summed E-state index contributed by atoms with van der Waals surface area (Å²) in [4.78, 5) is 8.78. The van der Waals surface area contributed by atoms with E-state index in [4.69, 9.17) is 0 Å². The van der Waals surface area contributed by atoms with Gasteiger partial charge in [-0.2, -0.15) is 0 Å². The average Bonchev–Trinajstić information content (AvgIpc) is 2.71. The van der Waals surface area contributed by atoms with Crippen LogP contribution in [0, 0.1) is 5.82 Å². The van der Waals surface area contributed by atoms with Crippen molar-refractivity contribution in [3.63, 3.8) is 0 Å². The molecule has 0 bridgehead atoms. The van der Waals surface area contributed by atoms with Crippen LogP contribution in [0.25, 0.3) is 10.9 Å². The lowest BCUT2D eigenvalue weighted by molar-refractivity contribution is 0.433. The van der Waals surface area contributed by atoms with E-state index in [1.807, 2.05) is 0 Å². The molecule has 0 aliphatic carbocycles. The molecule has 2 aromatic carbocycles. The highest BCUT2D eigenvalue weighted by Gasteiger charge is 2.16. The molecular weight excluding hydrogens is 357 g/mol. The molecule has 28 heavy (non-hydrogen) atoms. The number of nitrogens with zero attached hydrogens (tertiary/aromatic N) is 2. The van der Waals surface area contributed by atoms with E-state index in [0.717, 1.165) is 48.9 Å². The minimum atomic E-state index is -0.654. The quantitative estimate of drug-likeness (QED) is 0.536. The smallest absolute Gasteiger partial charge is 0.164 e. The summed E-state index contributed by atoms with van der Waals surface area (Å²) in [5, 5.41) is 20.7. The molecule has 1 fully saturated rings. The zero-order chi connectivity index (χ0) is 19.5. The number of phenolic OH excluding ortho intramolecular Hbond substituents is 1. The van der Waals surface area contributed by atoms with Gasteiger partial charge in [0.05, 0.1) is 5.52 Å². The van der Waals surface area contributed by atoms with E-state index < -0.39 is 11.6 Å². The van der Waals surface area contributed by atoms with Gasteiger partial charge in [0, 0.05) is 28.9 Å². The van der Waals surface area contributed by atoms with E-state index in [1.54, 1.807) is 6.07 Å². The van der Waals surface area contributed by atoms with Crippen LogP contribution in [0.3, 0.4) is 0 Å². The molecule has 2 heterocycles. The third kappa shape index (κ3) is 3.84. The number of piperidine rings is 1. The average molecular weight is 381 g/mol. The molecule has 0 radical (unpaired) electrons. The van der Waals surface area contributed by atoms with Gasteiger partial charge in [0.2, 0.25) is 0 Å². The molecule has 3 aromatic rings. The van der Waals surface area contributed by atoms with E-state index in [1.165, 1.54) is 24.0 Å². The maximum absolute atomic E-state index is 13.3. The Kier molecular flexibility index (Phi) is 5.25. The zero-order valence-electron chi connectivity index (χ0n) is 15.8. The SMILES string of the molecule is CCc1cc2ncnc(Nc3ccc(F)c(O)c3)c2cc1NC1CCNCC1. The number of hydrogen-bond donors (Lipinski definition) is 4. The van der Waals surface area contributed by atoms with Crippen molar-refractivity contribution in [2.45, 2.75) is 32.2 Å². The molecule has 146 valence electrons. The molecule has 1 aliphatic heterocycles. The molecule has 0 unspecified atom stereocenters. The van der Waals surface area contributed by atoms with Gasteiger partial charge in [-0.05, 0) is 62.2 Å². The largest absolute Gasteiger partial charge is 0.505 e. The second kappa shape index (κ2) is 7.98. The van der Waals surface area contributed by atoms with E-state index in [-0.39, 0.29) is 0 Å². The fourth-order valence-electron chi connectivity index (χ4n) is 3.59. The maximum Gasteiger partial charge on any atom is 0.164 e. The minimum Gasteiger partial charge on any atom is -0.505 e. The van der Waals surface area contributed by atoms with Crippen molar-refractivity contribution in [3.8, 4) is 5.75 Å². The Morgan fingerprint density at radius 1 is 1.18 bits per heavy atom. The second-order valence-corrected chi connectivity index (χ2v) is 7.06. The molecule has 1 aromatic heterocycles. The van der Waals surface area contributed by atoms with Gasteiger partial charge >= 0.3 is 0 Å². The lowest BCUT2D eigenvalue weighted by Crippen LogP contribution is -2.35. The Labute approximate surface area is 163 Å². The molecule has 4 rings (SSSR count). The van der Waals surface area contributed by atoms with Crippen molar-refractivity contribution in [2.24, 2.45) is 0 Å². The van der Waals surface area contributed by atoms with Crippen LogP contribution < -0.4 is 16.0 Å². The first-order chi connectivity index (χ1) is 13.6. The molecule has 6 nitrogen and oxygen atoms in total. The Balaban J connectivity index is 1.70. The van der Waals surface area contributed by atoms with Crippen molar-refractivity contribution in [1.29, 1.82) is 0 Å².